The molecule has 0 aliphatic rings. The second kappa shape index (κ2) is 7.76. The van der Waals surface area contributed by atoms with Gasteiger partial charge in [-0.15, -0.1) is 11.3 Å². The predicted molar refractivity (Wildman–Crippen MR) is 117 cm³/mol. The number of aryl methyl sites for hydroxylation is 2. The Morgan fingerprint density at radius 3 is 2.58 bits per heavy atom. The van der Waals surface area contributed by atoms with Crippen molar-refractivity contribution >= 4 is 33.1 Å². The molecule has 0 bridgehead atoms. The predicted octanol–water partition coefficient (Wildman–Crippen LogP) is 2.93. The number of carbonyl (C=O) groups excluding carboxylic acids is 1. The first kappa shape index (κ1) is 20.4. The van der Waals surface area contributed by atoms with Gasteiger partial charge in [0.25, 0.3) is 11.5 Å². The maximum atomic E-state index is 13.1. The third kappa shape index (κ3) is 3.59. The van der Waals surface area contributed by atoms with E-state index in [-0.39, 0.29) is 23.6 Å². The number of carbonyl (C=O) groups is 1. The van der Waals surface area contributed by atoms with Gasteiger partial charge in [-0.25, -0.2) is 9.66 Å². The molecule has 0 fully saturated rings. The Morgan fingerprint density at radius 1 is 1.23 bits per heavy atom. The van der Waals surface area contributed by atoms with Crippen LogP contribution in [0.15, 0.2) is 41.5 Å². The maximum Gasteiger partial charge on any atom is 0.312 e. The van der Waals surface area contributed by atoms with Gasteiger partial charge in [0.2, 0.25) is 0 Å². The van der Waals surface area contributed by atoms with Gasteiger partial charge in [0.1, 0.15) is 29.1 Å². The fourth-order valence-electron chi connectivity index (χ4n) is 3.55. The molecule has 11 heteroatoms. The quantitative estimate of drug-likeness (QED) is 0.377. The van der Waals surface area contributed by atoms with Crippen molar-refractivity contribution in [3.05, 3.63) is 73.4 Å². The lowest BCUT2D eigenvalue weighted by atomic mass is 10.0. The number of nitrogens with one attached hydrogen (secondary N) is 1. The summed E-state index contributed by atoms with van der Waals surface area (Å²) in [4.78, 5) is 42.2. The fourth-order valence-corrected chi connectivity index (χ4v) is 4.55. The molecular formula is C20H18N6O4S. The van der Waals surface area contributed by atoms with Crippen LogP contribution in [-0.2, 0) is 11.3 Å². The van der Waals surface area contributed by atoms with Gasteiger partial charge in [-0.05, 0) is 26.3 Å². The highest BCUT2D eigenvalue weighted by Crippen LogP contribution is 2.35. The summed E-state index contributed by atoms with van der Waals surface area (Å²) < 4.78 is 2.27. The first-order valence-corrected chi connectivity index (χ1v) is 10.1. The summed E-state index contributed by atoms with van der Waals surface area (Å²) in [5.41, 5.74) is 4.13. The number of hydrogen-bond donors (Lipinski definition) is 1. The van der Waals surface area contributed by atoms with Crippen molar-refractivity contribution in [1.82, 2.24) is 19.4 Å². The molecule has 1 N–H and O–H groups in total. The Balaban J connectivity index is 1.68. The first-order chi connectivity index (χ1) is 14.8. The van der Waals surface area contributed by atoms with Crippen molar-refractivity contribution in [3.63, 3.8) is 0 Å². The Kier molecular flexibility index (Phi) is 5.11. The van der Waals surface area contributed by atoms with Crippen molar-refractivity contribution in [2.24, 2.45) is 0 Å². The summed E-state index contributed by atoms with van der Waals surface area (Å²) in [6, 6.07) is 9.51. The van der Waals surface area contributed by atoms with Gasteiger partial charge in [-0.3, -0.25) is 29.8 Å². The highest BCUT2D eigenvalue weighted by Gasteiger charge is 2.23. The van der Waals surface area contributed by atoms with Crippen LogP contribution < -0.4 is 11.0 Å². The van der Waals surface area contributed by atoms with Gasteiger partial charge in [0.05, 0.1) is 10.3 Å². The third-order valence-electron chi connectivity index (χ3n) is 4.92. The summed E-state index contributed by atoms with van der Waals surface area (Å²) in [6.45, 7) is 4.67. The van der Waals surface area contributed by atoms with Crippen LogP contribution in [0.1, 0.15) is 16.3 Å². The number of rotatable bonds is 5. The minimum atomic E-state index is -0.558. The minimum Gasteiger partial charge on any atom is -0.271 e. The van der Waals surface area contributed by atoms with Gasteiger partial charge in [0, 0.05) is 10.4 Å². The Labute approximate surface area is 179 Å². The first-order valence-electron chi connectivity index (χ1n) is 9.32. The van der Waals surface area contributed by atoms with Crippen LogP contribution in [0.25, 0.3) is 21.3 Å². The molecule has 31 heavy (non-hydrogen) atoms. The molecule has 1 aromatic carbocycles. The summed E-state index contributed by atoms with van der Waals surface area (Å²) in [5.74, 6) is -0.558. The third-order valence-corrected chi connectivity index (χ3v) is 5.93. The topological polar surface area (TPSA) is 125 Å². The molecule has 4 aromatic rings. The molecule has 0 saturated carbocycles. The minimum absolute atomic E-state index is 0.130. The second-order valence-electron chi connectivity index (χ2n) is 6.97. The van der Waals surface area contributed by atoms with E-state index in [4.69, 9.17) is 0 Å². The number of thiophene rings is 1. The smallest absolute Gasteiger partial charge is 0.271 e. The van der Waals surface area contributed by atoms with Crippen LogP contribution in [-0.4, -0.2) is 30.3 Å². The summed E-state index contributed by atoms with van der Waals surface area (Å²) in [5, 5.41) is 15.6. The van der Waals surface area contributed by atoms with E-state index in [0.29, 0.717) is 10.2 Å². The molecule has 0 saturated heterocycles. The van der Waals surface area contributed by atoms with Gasteiger partial charge in [-0.1, -0.05) is 30.3 Å². The van der Waals surface area contributed by atoms with E-state index in [1.165, 1.54) is 36.2 Å². The molecule has 0 aliphatic carbocycles. The van der Waals surface area contributed by atoms with Crippen molar-refractivity contribution in [3.8, 4) is 11.1 Å². The van der Waals surface area contributed by atoms with E-state index in [1.54, 1.807) is 0 Å². The number of hydrogen-bond acceptors (Lipinski definition) is 7. The van der Waals surface area contributed by atoms with Crippen LogP contribution in [0.5, 0.6) is 0 Å². The SMILES string of the molecule is Cc1nn(CC(=O)Nn2cnc3sc(C)c(-c4ccccc4)c3c2=O)c(C)c1[N+](=O)[O-]. The Bertz CT molecular complexity index is 1390. The molecule has 3 heterocycles. The standard InChI is InChI=1S/C20H18N6O4S/c1-11-18(26(29)30)12(2)24(22-11)9-15(27)23-25-10-21-19-17(20(25)28)16(13(3)31-19)14-7-5-4-6-8-14/h4-8,10H,9H2,1-3H3,(H,23,27). The molecule has 0 radical (unpaired) electrons. The summed E-state index contributed by atoms with van der Waals surface area (Å²) in [7, 11) is 0. The van der Waals surface area contributed by atoms with Crippen LogP contribution in [0.3, 0.4) is 0 Å². The lowest BCUT2D eigenvalue weighted by Crippen LogP contribution is -2.35. The molecule has 0 unspecified atom stereocenters. The maximum absolute atomic E-state index is 13.1. The average Bonchev–Trinajstić information content (AvgIpc) is 3.20. The van der Waals surface area contributed by atoms with Gasteiger partial charge >= 0.3 is 5.69 Å². The van der Waals surface area contributed by atoms with E-state index in [2.05, 4.69) is 15.5 Å². The Morgan fingerprint density at radius 2 is 1.94 bits per heavy atom. The van der Waals surface area contributed by atoms with Crippen LogP contribution in [0.2, 0.25) is 0 Å². The molecule has 0 spiro atoms. The highest BCUT2D eigenvalue weighted by molar-refractivity contribution is 7.19. The van der Waals surface area contributed by atoms with Gasteiger partial charge in [-0.2, -0.15) is 5.10 Å². The highest BCUT2D eigenvalue weighted by atomic mass is 32.1. The molecule has 0 aliphatic heterocycles. The normalized spacial score (nSPS) is 11.1. The number of benzene rings is 1. The molecule has 158 valence electrons. The monoisotopic (exact) mass is 438 g/mol. The van der Waals surface area contributed by atoms with E-state index in [1.807, 2.05) is 37.3 Å². The molecule has 10 nitrogen and oxygen atoms in total. The van der Waals surface area contributed by atoms with Crippen LogP contribution in [0, 0.1) is 30.9 Å². The van der Waals surface area contributed by atoms with Crippen LogP contribution in [0.4, 0.5) is 5.69 Å². The number of nitrogens with zero attached hydrogens (tertiary/aromatic N) is 5. The van der Waals surface area contributed by atoms with Gasteiger partial charge in [0.15, 0.2) is 0 Å². The number of amides is 1. The zero-order valence-electron chi connectivity index (χ0n) is 16.9. The Hall–Kier alpha value is -3.86. The molecule has 0 atom stereocenters. The lowest BCUT2D eigenvalue weighted by Gasteiger charge is -2.09. The van der Waals surface area contributed by atoms with Gasteiger partial charge < -0.3 is 0 Å². The van der Waals surface area contributed by atoms with Crippen molar-refractivity contribution in [1.29, 1.82) is 0 Å². The molecule has 4 rings (SSSR count). The zero-order chi connectivity index (χ0) is 22.3. The lowest BCUT2D eigenvalue weighted by molar-refractivity contribution is -0.386. The van der Waals surface area contributed by atoms with Crippen molar-refractivity contribution in [2.45, 2.75) is 27.3 Å². The number of nitro groups is 1. The van der Waals surface area contributed by atoms with E-state index in [9.17, 15) is 19.7 Å². The van der Waals surface area contributed by atoms with Crippen molar-refractivity contribution < 1.29 is 9.72 Å². The fraction of sp³-hybridized carbons (Fsp3) is 0.200. The molecule has 3 aromatic heterocycles. The molecule has 1 amide bonds. The van der Waals surface area contributed by atoms with E-state index in [0.717, 1.165) is 20.7 Å². The summed E-state index contributed by atoms with van der Waals surface area (Å²) in [6.07, 6.45) is 1.26. The largest absolute Gasteiger partial charge is 0.312 e. The number of fused-ring (bicyclic) bond motifs is 1. The van der Waals surface area contributed by atoms with Crippen LogP contribution >= 0.6 is 11.3 Å². The summed E-state index contributed by atoms with van der Waals surface area (Å²) >= 11 is 1.41. The average molecular weight is 438 g/mol. The molecular weight excluding hydrogens is 420 g/mol. The zero-order valence-corrected chi connectivity index (χ0v) is 17.8. The number of aromatic nitrogens is 4. The van der Waals surface area contributed by atoms with E-state index >= 15 is 0 Å². The van der Waals surface area contributed by atoms with Crippen molar-refractivity contribution in [2.75, 3.05) is 5.43 Å². The van der Waals surface area contributed by atoms with E-state index < -0.39 is 16.4 Å². The second-order valence-corrected chi connectivity index (χ2v) is 8.17.